The van der Waals surface area contributed by atoms with Crippen LogP contribution in [0, 0.1) is 0 Å². The van der Waals surface area contributed by atoms with Crippen LogP contribution in [-0.4, -0.2) is 45.2 Å². The Kier molecular flexibility index (Phi) is 3.93. The Morgan fingerprint density at radius 2 is 2.17 bits per heavy atom. The highest BCUT2D eigenvalue weighted by Crippen LogP contribution is 2.20. The molecule has 0 saturated carbocycles. The molecular weight excluding hydrogens is 232 g/mol. The number of nitrogen functional groups attached to an aromatic ring is 1. The van der Waals surface area contributed by atoms with Crippen LogP contribution in [-0.2, 0) is 0 Å². The summed E-state index contributed by atoms with van der Waals surface area (Å²) in [6, 6.07) is 0. The lowest BCUT2D eigenvalue weighted by atomic mass is 10.2. The van der Waals surface area contributed by atoms with Crippen LogP contribution in [0.25, 0.3) is 11.2 Å². The number of aromatic nitrogens is 4. The Labute approximate surface area is 105 Å². The number of nitrogens with zero attached hydrogens (tertiary/aromatic N) is 4. The van der Waals surface area contributed by atoms with Gasteiger partial charge in [-0.1, -0.05) is 0 Å². The SMILES string of the molecule is CN(CCCCCO)c1nc(N)nc2nc[nH]c12. The summed E-state index contributed by atoms with van der Waals surface area (Å²) in [6.45, 7) is 1.10. The van der Waals surface area contributed by atoms with Gasteiger partial charge in [0.15, 0.2) is 11.5 Å². The molecule has 4 N–H and O–H groups in total. The Bertz CT molecular complexity index is 511. The molecule has 0 fully saturated rings. The van der Waals surface area contributed by atoms with E-state index in [1.807, 2.05) is 11.9 Å². The van der Waals surface area contributed by atoms with Gasteiger partial charge < -0.3 is 20.7 Å². The first-order chi connectivity index (χ1) is 8.72. The highest BCUT2D eigenvalue weighted by molar-refractivity contribution is 5.83. The molecule has 0 aliphatic heterocycles. The van der Waals surface area contributed by atoms with Crippen LogP contribution in [0.15, 0.2) is 6.33 Å². The number of rotatable bonds is 6. The fourth-order valence-electron chi connectivity index (χ4n) is 1.85. The molecule has 18 heavy (non-hydrogen) atoms. The summed E-state index contributed by atoms with van der Waals surface area (Å²) in [6.07, 6.45) is 4.41. The molecule has 0 bridgehead atoms. The largest absolute Gasteiger partial charge is 0.396 e. The molecule has 2 aromatic heterocycles. The minimum atomic E-state index is 0.229. The van der Waals surface area contributed by atoms with Gasteiger partial charge in [0.2, 0.25) is 5.95 Å². The van der Waals surface area contributed by atoms with Gasteiger partial charge in [-0.05, 0) is 19.3 Å². The van der Waals surface area contributed by atoms with E-state index in [2.05, 4.69) is 19.9 Å². The van der Waals surface area contributed by atoms with Gasteiger partial charge in [0.25, 0.3) is 0 Å². The van der Waals surface area contributed by atoms with Crippen LogP contribution < -0.4 is 10.6 Å². The van der Waals surface area contributed by atoms with Crippen molar-refractivity contribution < 1.29 is 5.11 Å². The lowest BCUT2D eigenvalue weighted by Gasteiger charge is -2.18. The van der Waals surface area contributed by atoms with E-state index < -0.39 is 0 Å². The van der Waals surface area contributed by atoms with Gasteiger partial charge in [-0.2, -0.15) is 9.97 Å². The maximum Gasteiger partial charge on any atom is 0.224 e. The van der Waals surface area contributed by atoms with E-state index in [4.69, 9.17) is 10.8 Å². The molecular formula is C11H18N6O. The minimum Gasteiger partial charge on any atom is -0.396 e. The zero-order valence-electron chi connectivity index (χ0n) is 10.4. The normalized spacial score (nSPS) is 11.0. The number of unbranched alkanes of at least 4 members (excludes halogenated alkanes) is 2. The molecule has 0 aliphatic rings. The number of aliphatic hydroxyl groups is 1. The molecule has 0 radical (unpaired) electrons. The zero-order chi connectivity index (χ0) is 13.0. The Hall–Kier alpha value is -1.89. The number of hydrogen-bond acceptors (Lipinski definition) is 6. The van der Waals surface area contributed by atoms with Crippen molar-refractivity contribution in [2.45, 2.75) is 19.3 Å². The number of nitrogens with two attached hydrogens (primary N) is 1. The topological polar surface area (TPSA) is 104 Å². The van der Waals surface area contributed by atoms with Crippen LogP contribution in [0.3, 0.4) is 0 Å². The summed E-state index contributed by atoms with van der Waals surface area (Å²) >= 11 is 0. The third kappa shape index (κ3) is 2.67. The highest BCUT2D eigenvalue weighted by Gasteiger charge is 2.12. The fourth-order valence-corrected chi connectivity index (χ4v) is 1.85. The molecule has 7 nitrogen and oxygen atoms in total. The molecule has 0 spiro atoms. The third-order valence-corrected chi connectivity index (χ3v) is 2.80. The molecule has 2 aromatic rings. The predicted molar refractivity (Wildman–Crippen MR) is 70.3 cm³/mol. The van der Waals surface area contributed by atoms with Crippen molar-refractivity contribution in [2.24, 2.45) is 0 Å². The van der Waals surface area contributed by atoms with Crippen LogP contribution in [0.4, 0.5) is 11.8 Å². The summed E-state index contributed by atoms with van der Waals surface area (Å²) in [5.74, 6) is 0.991. The second-order valence-corrected chi connectivity index (χ2v) is 4.21. The lowest BCUT2D eigenvalue weighted by molar-refractivity contribution is 0.283. The van der Waals surface area contributed by atoms with E-state index in [0.717, 1.165) is 37.1 Å². The maximum atomic E-state index is 8.73. The van der Waals surface area contributed by atoms with Gasteiger partial charge in [0.1, 0.15) is 5.52 Å². The minimum absolute atomic E-state index is 0.229. The second kappa shape index (κ2) is 5.63. The first kappa shape index (κ1) is 12.6. The van der Waals surface area contributed by atoms with Crippen molar-refractivity contribution in [1.82, 2.24) is 19.9 Å². The third-order valence-electron chi connectivity index (χ3n) is 2.80. The van der Waals surface area contributed by atoms with Crippen LogP contribution in [0.2, 0.25) is 0 Å². The van der Waals surface area contributed by atoms with Crippen molar-refractivity contribution in [3.05, 3.63) is 6.33 Å². The molecule has 0 amide bonds. The molecule has 0 atom stereocenters. The second-order valence-electron chi connectivity index (χ2n) is 4.21. The number of aromatic amines is 1. The van der Waals surface area contributed by atoms with Gasteiger partial charge in [-0.25, -0.2) is 4.98 Å². The van der Waals surface area contributed by atoms with E-state index in [-0.39, 0.29) is 12.6 Å². The quantitative estimate of drug-likeness (QED) is 0.646. The number of H-pyrrole nitrogens is 1. The van der Waals surface area contributed by atoms with Gasteiger partial charge in [0.05, 0.1) is 6.33 Å². The molecule has 2 heterocycles. The fraction of sp³-hybridized carbons (Fsp3) is 0.545. The number of fused-ring (bicyclic) bond motifs is 1. The summed E-state index contributed by atoms with van der Waals surface area (Å²) in [4.78, 5) is 17.4. The van der Waals surface area contributed by atoms with E-state index in [1.54, 1.807) is 6.33 Å². The van der Waals surface area contributed by atoms with Gasteiger partial charge in [0, 0.05) is 20.2 Å². The molecule has 0 aliphatic carbocycles. The number of nitrogens with one attached hydrogen (secondary N) is 1. The Morgan fingerprint density at radius 1 is 1.33 bits per heavy atom. The number of hydrogen-bond donors (Lipinski definition) is 3. The van der Waals surface area contributed by atoms with E-state index in [1.165, 1.54) is 0 Å². The van der Waals surface area contributed by atoms with Crippen molar-refractivity contribution in [2.75, 3.05) is 30.8 Å². The van der Waals surface area contributed by atoms with E-state index in [0.29, 0.717) is 5.65 Å². The van der Waals surface area contributed by atoms with Gasteiger partial charge >= 0.3 is 0 Å². The smallest absolute Gasteiger partial charge is 0.224 e. The predicted octanol–water partition coefficient (Wildman–Crippen LogP) is 0.534. The molecule has 2 rings (SSSR count). The van der Waals surface area contributed by atoms with Crippen LogP contribution in [0.5, 0.6) is 0 Å². The molecule has 7 heteroatoms. The zero-order valence-corrected chi connectivity index (χ0v) is 10.4. The molecule has 0 aromatic carbocycles. The molecule has 0 unspecified atom stereocenters. The standard InChI is InChI=1S/C11H18N6O/c1-17(5-3-2-4-6-18)10-8-9(14-7-13-8)15-11(12)16-10/h7,18H,2-6H2,1H3,(H3,12,13,14,15,16). The average molecular weight is 250 g/mol. The monoisotopic (exact) mass is 250 g/mol. The maximum absolute atomic E-state index is 8.73. The molecule has 98 valence electrons. The van der Waals surface area contributed by atoms with Gasteiger partial charge in [-0.15, -0.1) is 0 Å². The highest BCUT2D eigenvalue weighted by atomic mass is 16.2. The van der Waals surface area contributed by atoms with E-state index in [9.17, 15) is 0 Å². The number of anilines is 2. The van der Waals surface area contributed by atoms with Gasteiger partial charge in [-0.3, -0.25) is 0 Å². The van der Waals surface area contributed by atoms with Crippen LogP contribution in [0.1, 0.15) is 19.3 Å². The first-order valence-electron chi connectivity index (χ1n) is 6.01. The summed E-state index contributed by atoms with van der Waals surface area (Å²) in [7, 11) is 1.96. The van der Waals surface area contributed by atoms with Crippen molar-refractivity contribution >= 4 is 22.9 Å². The average Bonchev–Trinajstić information content (AvgIpc) is 2.81. The van der Waals surface area contributed by atoms with Crippen molar-refractivity contribution in [3.63, 3.8) is 0 Å². The number of aliphatic hydroxyl groups excluding tert-OH is 1. The summed E-state index contributed by atoms with van der Waals surface area (Å²) in [5.41, 5.74) is 7.05. The number of imidazole rings is 1. The van der Waals surface area contributed by atoms with Crippen molar-refractivity contribution in [1.29, 1.82) is 0 Å². The van der Waals surface area contributed by atoms with Crippen LogP contribution >= 0.6 is 0 Å². The lowest BCUT2D eigenvalue weighted by Crippen LogP contribution is -2.21. The first-order valence-corrected chi connectivity index (χ1v) is 6.01. The Morgan fingerprint density at radius 3 is 2.94 bits per heavy atom. The van der Waals surface area contributed by atoms with Crippen molar-refractivity contribution in [3.8, 4) is 0 Å². The summed E-state index contributed by atoms with van der Waals surface area (Å²) in [5, 5.41) is 8.73. The van der Waals surface area contributed by atoms with E-state index >= 15 is 0 Å². The summed E-state index contributed by atoms with van der Waals surface area (Å²) < 4.78 is 0. The Balaban J connectivity index is 2.11. The molecule has 0 saturated heterocycles.